The Balaban J connectivity index is 2.56. The van der Waals surface area contributed by atoms with Crippen LogP contribution < -0.4 is 11.0 Å². The van der Waals surface area contributed by atoms with Crippen molar-refractivity contribution < 1.29 is 4.79 Å². The van der Waals surface area contributed by atoms with Crippen LogP contribution in [0.2, 0.25) is 0 Å². The molecule has 96 valence electrons. The number of rotatable bonds is 3. The summed E-state index contributed by atoms with van der Waals surface area (Å²) < 4.78 is 1.48. The van der Waals surface area contributed by atoms with Gasteiger partial charge >= 0.3 is 5.69 Å². The van der Waals surface area contributed by atoms with E-state index in [9.17, 15) is 9.59 Å². The van der Waals surface area contributed by atoms with Crippen LogP contribution in [0.3, 0.4) is 0 Å². The first kappa shape index (κ1) is 12.4. The van der Waals surface area contributed by atoms with Crippen molar-refractivity contribution in [3.8, 4) is 0 Å². The van der Waals surface area contributed by atoms with Gasteiger partial charge in [0.15, 0.2) is 0 Å². The Kier molecular flexibility index (Phi) is 3.23. The molecule has 2 heterocycles. The van der Waals surface area contributed by atoms with Crippen LogP contribution in [-0.2, 0) is 4.79 Å². The molecule has 1 aromatic heterocycles. The quantitative estimate of drug-likeness (QED) is 0.845. The molecule has 1 aliphatic rings. The molecule has 1 unspecified atom stereocenters. The van der Waals surface area contributed by atoms with E-state index in [4.69, 9.17) is 0 Å². The molecule has 1 fully saturated rings. The lowest BCUT2D eigenvalue weighted by molar-refractivity contribution is -0.125. The van der Waals surface area contributed by atoms with E-state index in [1.807, 2.05) is 6.92 Å². The topological polar surface area (TPSA) is 66.9 Å². The third-order valence-electron chi connectivity index (χ3n) is 3.15. The molecule has 5 heteroatoms. The number of amides is 1. The predicted molar refractivity (Wildman–Crippen MR) is 71.1 cm³/mol. The van der Waals surface area contributed by atoms with Gasteiger partial charge in [0.05, 0.1) is 11.4 Å². The Morgan fingerprint density at radius 1 is 1.50 bits per heavy atom. The van der Waals surface area contributed by atoms with Crippen LogP contribution in [0, 0.1) is 0 Å². The van der Waals surface area contributed by atoms with Crippen molar-refractivity contribution in [1.29, 1.82) is 0 Å². The monoisotopic (exact) mass is 247 g/mol. The molecule has 0 aromatic carbocycles. The molecule has 1 atom stereocenters. The molecule has 1 amide bonds. The number of H-pyrrole nitrogens is 1. The lowest BCUT2D eigenvalue weighted by atomic mass is 10.1. The van der Waals surface area contributed by atoms with E-state index in [0.29, 0.717) is 24.4 Å². The largest absolute Gasteiger partial charge is 0.354 e. The average Bonchev–Trinajstić information content (AvgIpc) is 2.67. The first-order valence-corrected chi connectivity index (χ1v) is 5.96. The van der Waals surface area contributed by atoms with E-state index in [1.165, 1.54) is 4.57 Å². The molecule has 2 rings (SSSR count). The number of allylic oxidation sites excluding steroid dienone is 1. The molecule has 0 bridgehead atoms. The number of carbonyl (C=O) groups excluding carboxylic acids is 1. The molecule has 0 aliphatic carbocycles. The number of hydrogen-bond acceptors (Lipinski definition) is 2. The Bertz CT molecular complexity index is 565. The fraction of sp³-hybridized carbons (Fsp3) is 0.385. The maximum absolute atomic E-state index is 12.0. The minimum absolute atomic E-state index is 0.112. The SMILES string of the molecule is C=Cc1c(C(=C)C)[nH]c(=O)n1C1CCCNC1=O. The fourth-order valence-electron chi connectivity index (χ4n) is 2.30. The molecule has 0 radical (unpaired) electrons. The zero-order valence-corrected chi connectivity index (χ0v) is 10.5. The molecule has 2 N–H and O–H groups in total. The summed E-state index contributed by atoms with van der Waals surface area (Å²) in [7, 11) is 0. The van der Waals surface area contributed by atoms with E-state index in [2.05, 4.69) is 23.5 Å². The van der Waals surface area contributed by atoms with Crippen LogP contribution in [0.1, 0.15) is 37.2 Å². The highest BCUT2D eigenvalue weighted by Crippen LogP contribution is 2.22. The second-order valence-corrected chi connectivity index (χ2v) is 4.49. The van der Waals surface area contributed by atoms with Crippen molar-refractivity contribution in [1.82, 2.24) is 14.9 Å². The summed E-state index contributed by atoms with van der Waals surface area (Å²) in [4.78, 5) is 26.6. The van der Waals surface area contributed by atoms with Crippen LogP contribution in [0.15, 0.2) is 18.0 Å². The summed E-state index contributed by atoms with van der Waals surface area (Å²) in [6.07, 6.45) is 3.12. The lowest BCUT2D eigenvalue weighted by Crippen LogP contribution is -2.41. The van der Waals surface area contributed by atoms with Crippen LogP contribution in [-0.4, -0.2) is 22.0 Å². The summed E-state index contributed by atoms with van der Waals surface area (Å²) in [6.45, 7) is 10.0. The van der Waals surface area contributed by atoms with Crippen LogP contribution >= 0.6 is 0 Å². The number of nitrogens with zero attached hydrogens (tertiary/aromatic N) is 1. The molecule has 0 saturated carbocycles. The number of aromatic nitrogens is 2. The first-order chi connectivity index (χ1) is 8.56. The maximum Gasteiger partial charge on any atom is 0.327 e. The van der Waals surface area contributed by atoms with Gasteiger partial charge in [0, 0.05) is 6.54 Å². The van der Waals surface area contributed by atoms with E-state index >= 15 is 0 Å². The number of aromatic amines is 1. The summed E-state index contributed by atoms with van der Waals surface area (Å²) >= 11 is 0. The van der Waals surface area contributed by atoms with Gasteiger partial charge in [0.25, 0.3) is 0 Å². The van der Waals surface area contributed by atoms with Gasteiger partial charge in [-0.2, -0.15) is 0 Å². The highest BCUT2D eigenvalue weighted by atomic mass is 16.2. The van der Waals surface area contributed by atoms with Crippen molar-refractivity contribution in [2.24, 2.45) is 0 Å². The van der Waals surface area contributed by atoms with E-state index in [0.717, 1.165) is 12.0 Å². The van der Waals surface area contributed by atoms with Gasteiger partial charge in [-0.15, -0.1) is 0 Å². The van der Waals surface area contributed by atoms with Gasteiger partial charge in [0.2, 0.25) is 5.91 Å². The van der Waals surface area contributed by atoms with Crippen molar-refractivity contribution in [2.45, 2.75) is 25.8 Å². The highest BCUT2D eigenvalue weighted by Gasteiger charge is 2.28. The van der Waals surface area contributed by atoms with Crippen LogP contribution in [0.5, 0.6) is 0 Å². The molecule has 5 nitrogen and oxygen atoms in total. The average molecular weight is 247 g/mol. The van der Waals surface area contributed by atoms with Gasteiger partial charge in [-0.25, -0.2) is 4.79 Å². The van der Waals surface area contributed by atoms with Gasteiger partial charge in [-0.05, 0) is 31.4 Å². The Morgan fingerprint density at radius 3 is 2.78 bits per heavy atom. The first-order valence-electron chi connectivity index (χ1n) is 5.96. The number of carbonyl (C=O) groups is 1. The Hall–Kier alpha value is -2.04. The molecule has 1 saturated heterocycles. The zero-order chi connectivity index (χ0) is 13.3. The van der Waals surface area contributed by atoms with Gasteiger partial charge in [-0.1, -0.05) is 13.2 Å². The van der Waals surface area contributed by atoms with E-state index in [1.54, 1.807) is 6.08 Å². The minimum atomic E-state index is -0.455. The molecular weight excluding hydrogens is 230 g/mol. The van der Waals surface area contributed by atoms with Crippen LogP contribution in [0.25, 0.3) is 11.6 Å². The number of piperidine rings is 1. The summed E-state index contributed by atoms with van der Waals surface area (Å²) in [6, 6.07) is -0.455. The normalized spacial score (nSPS) is 19.4. The van der Waals surface area contributed by atoms with E-state index < -0.39 is 6.04 Å². The van der Waals surface area contributed by atoms with E-state index in [-0.39, 0.29) is 11.6 Å². The standard InChI is InChI=1S/C13H17N3O2/c1-4-9-11(8(2)3)15-13(18)16(9)10-6-5-7-14-12(10)17/h4,10H,1-2,5-7H2,3H3,(H,14,17)(H,15,18). The lowest BCUT2D eigenvalue weighted by Gasteiger charge is -2.23. The number of imidazole rings is 1. The van der Waals surface area contributed by atoms with Crippen molar-refractivity contribution in [2.75, 3.05) is 6.54 Å². The number of hydrogen-bond donors (Lipinski definition) is 2. The summed E-state index contributed by atoms with van der Waals surface area (Å²) in [5.74, 6) is -0.112. The summed E-state index contributed by atoms with van der Waals surface area (Å²) in [5.41, 5.74) is 1.74. The maximum atomic E-state index is 12.0. The second kappa shape index (κ2) is 4.68. The van der Waals surface area contributed by atoms with Gasteiger partial charge < -0.3 is 10.3 Å². The Labute approximate surface area is 105 Å². The molecule has 1 aliphatic heterocycles. The van der Waals surface area contributed by atoms with Gasteiger partial charge in [0.1, 0.15) is 6.04 Å². The summed E-state index contributed by atoms with van der Waals surface area (Å²) in [5, 5.41) is 2.78. The van der Waals surface area contributed by atoms with Crippen LogP contribution in [0.4, 0.5) is 0 Å². The predicted octanol–water partition coefficient (Wildman–Crippen LogP) is 1.30. The smallest absolute Gasteiger partial charge is 0.327 e. The third-order valence-corrected chi connectivity index (χ3v) is 3.15. The fourth-order valence-corrected chi connectivity index (χ4v) is 2.30. The third kappa shape index (κ3) is 1.92. The van der Waals surface area contributed by atoms with Crippen molar-refractivity contribution >= 4 is 17.6 Å². The highest BCUT2D eigenvalue weighted by molar-refractivity contribution is 5.81. The van der Waals surface area contributed by atoms with Gasteiger partial charge in [-0.3, -0.25) is 9.36 Å². The Morgan fingerprint density at radius 2 is 2.22 bits per heavy atom. The minimum Gasteiger partial charge on any atom is -0.354 e. The van der Waals surface area contributed by atoms with Crippen molar-refractivity contribution in [3.63, 3.8) is 0 Å². The molecule has 18 heavy (non-hydrogen) atoms. The molecule has 1 aromatic rings. The molecule has 0 spiro atoms. The second-order valence-electron chi connectivity index (χ2n) is 4.49. The van der Waals surface area contributed by atoms with Crippen molar-refractivity contribution in [3.05, 3.63) is 35.0 Å². The zero-order valence-electron chi connectivity index (χ0n) is 10.5. The molecular formula is C13H17N3O2. The number of nitrogens with one attached hydrogen (secondary N) is 2.